The molecule has 0 aromatic heterocycles. The second-order valence-electron chi connectivity index (χ2n) is 7.93. The second-order valence-corrected chi connectivity index (χ2v) is 7.93. The molecule has 1 heterocycles. The largest absolute Gasteiger partial charge is 0.444 e. The monoisotopic (exact) mass is 429 g/mol. The van der Waals surface area contributed by atoms with E-state index >= 15 is 0 Å². The van der Waals surface area contributed by atoms with Gasteiger partial charge in [-0.2, -0.15) is 13.2 Å². The van der Waals surface area contributed by atoms with Gasteiger partial charge in [0.05, 0.1) is 5.56 Å². The highest BCUT2D eigenvalue weighted by Crippen LogP contribution is 2.29. The number of carbonyl (C=O) groups is 3. The summed E-state index contributed by atoms with van der Waals surface area (Å²) in [5.41, 5.74) is -1.26. The van der Waals surface area contributed by atoms with Crippen LogP contribution in [-0.4, -0.2) is 66.0 Å². The topological polar surface area (TPSA) is 79.0 Å². The van der Waals surface area contributed by atoms with Crippen LogP contribution in [0.3, 0.4) is 0 Å². The molecule has 0 spiro atoms. The molecule has 1 aliphatic heterocycles. The number of rotatable bonds is 4. The Kier molecular flexibility index (Phi) is 7.33. The number of hydrogen-bond donors (Lipinski definition) is 1. The average Bonchev–Trinajstić information content (AvgIpc) is 2.65. The maximum Gasteiger partial charge on any atom is 0.416 e. The predicted molar refractivity (Wildman–Crippen MR) is 103 cm³/mol. The third-order valence-electron chi connectivity index (χ3n) is 4.39. The molecule has 3 amide bonds. The lowest BCUT2D eigenvalue weighted by atomic mass is 10.1. The molecule has 2 rings (SSSR count). The van der Waals surface area contributed by atoms with E-state index < -0.39 is 23.4 Å². The first-order chi connectivity index (χ1) is 13.9. The van der Waals surface area contributed by atoms with Crippen LogP contribution in [0.4, 0.5) is 18.0 Å². The maximum atomic E-state index is 12.6. The Balaban J connectivity index is 1.78. The van der Waals surface area contributed by atoms with E-state index in [1.807, 2.05) is 0 Å². The van der Waals surface area contributed by atoms with E-state index in [2.05, 4.69) is 5.32 Å². The Morgan fingerprint density at radius 1 is 0.967 bits per heavy atom. The van der Waals surface area contributed by atoms with Gasteiger partial charge in [-0.05, 0) is 45.0 Å². The van der Waals surface area contributed by atoms with Crippen LogP contribution in [0, 0.1) is 0 Å². The van der Waals surface area contributed by atoms with Crippen molar-refractivity contribution in [2.45, 2.75) is 39.0 Å². The number of ether oxygens (including phenoxy) is 1. The molecular formula is C20H26F3N3O4. The van der Waals surface area contributed by atoms with E-state index in [0.29, 0.717) is 13.1 Å². The molecular weight excluding hydrogens is 403 g/mol. The SMILES string of the molecule is CC(C)(C)OC(=O)NCCC(=O)N1CCN(C(=O)c2ccc(C(F)(F)F)cc2)CC1. The number of hydrogen-bond acceptors (Lipinski definition) is 4. The first-order valence-electron chi connectivity index (χ1n) is 9.58. The van der Waals surface area contributed by atoms with Gasteiger partial charge in [0.2, 0.25) is 5.91 Å². The number of carbonyl (C=O) groups excluding carboxylic acids is 3. The van der Waals surface area contributed by atoms with Crippen molar-refractivity contribution in [2.24, 2.45) is 0 Å². The lowest BCUT2D eigenvalue weighted by molar-refractivity contribution is -0.137. The van der Waals surface area contributed by atoms with E-state index in [4.69, 9.17) is 4.74 Å². The van der Waals surface area contributed by atoms with Crippen LogP contribution in [-0.2, 0) is 15.7 Å². The van der Waals surface area contributed by atoms with E-state index in [0.717, 1.165) is 24.3 Å². The van der Waals surface area contributed by atoms with Crippen molar-refractivity contribution in [1.82, 2.24) is 15.1 Å². The van der Waals surface area contributed by atoms with Gasteiger partial charge >= 0.3 is 12.3 Å². The predicted octanol–water partition coefficient (Wildman–Crippen LogP) is 2.90. The van der Waals surface area contributed by atoms with Crippen molar-refractivity contribution in [1.29, 1.82) is 0 Å². The van der Waals surface area contributed by atoms with Gasteiger partial charge in [0.25, 0.3) is 5.91 Å². The van der Waals surface area contributed by atoms with Crippen molar-refractivity contribution in [3.8, 4) is 0 Å². The van der Waals surface area contributed by atoms with Gasteiger partial charge in [-0.1, -0.05) is 0 Å². The Bertz CT molecular complexity index is 765. The fourth-order valence-electron chi connectivity index (χ4n) is 2.89. The number of nitrogens with zero attached hydrogens (tertiary/aromatic N) is 2. The quantitative estimate of drug-likeness (QED) is 0.798. The Morgan fingerprint density at radius 3 is 2.00 bits per heavy atom. The normalized spacial score (nSPS) is 15.0. The molecule has 7 nitrogen and oxygen atoms in total. The summed E-state index contributed by atoms with van der Waals surface area (Å²) < 4.78 is 43.0. The minimum absolute atomic E-state index is 0.103. The zero-order chi connectivity index (χ0) is 22.5. The number of piperazine rings is 1. The molecule has 0 bridgehead atoms. The summed E-state index contributed by atoms with van der Waals surface area (Å²) in [7, 11) is 0. The zero-order valence-corrected chi connectivity index (χ0v) is 17.2. The molecule has 0 saturated carbocycles. The van der Waals surface area contributed by atoms with Gasteiger partial charge in [-0.25, -0.2) is 4.79 Å². The lowest BCUT2D eigenvalue weighted by Crippen LogP contribution is -2.51. The highest BCUT2D eigenvalue weighted by molar-refractivity contribution is 5.94. The van der Waals surface area contributed by atoms with Gasteiger partial charge < -0.3 is 19.9 Å². The standard InChI is InChI=1S/C20H26F3N3O4/c1-19(2,3)30-18(29)24-9-8-16(27)25-10-12-26(13-11-25)17(28)14-4-6-15(7-5-14)20(21,22)23/h4-7H,8-13H2,1-3H3,(H,24,29). The van der Waals surface area contributed by atoms with Crippen molar-refractivity contribution >= 4 is 17.9 Å². The third kappa shape index (κ3) is 6.93. The summed E-state index contributed by atoms with van der Waals surface area (Å²) in [5.74, 6) is -0.532. The van der Waals surface area contributed by atoms with Crippen LogP contribution in [0.15, 0.2) is 24.3 Å². The van der Waals surface area contributed by atoms with Gasteiger partial charge in [0.1, 0.15) is 5.60 Å². The van der Waals surface area contributed by atoms with Gasteiger partial charge in [0, 0.05) is 44.7 Å². The zero-order valence-electron chi connectivity index (χ0n) is 17.2. The Labute approximate surface area is 173 Å². The van der Waals surface area contributed by atoms with Crippen molar-refractivity contribution in [2.75, 3.05) is 32.7 Å². The van der Waals surface area contributed by atoms with Gasteiger partial charge in [-0.3, -0.25) is 9.59 Å². The molecule has 0 radical (unpaired) electrons. The number of alkyl carbamates (subject to hydrolysis) is 1. The van der Waals surface area contributed by atoms with Crippen molar-refractivity contribution < 1.29 is 32.3 Å². The number of alkyl halides is 3. The van der Waals surface area contributed by atoms with Crippen LogP contribution in [0.25, 0.3) is 0 Å². The van der Waals surface area contributed by atoms with Crippen LogP contribution in [0.1, 0.15) is 43.1 Å². The molecule has 0 unspecified atom stereocenters. The molecule has 1 aromatic rings. The summed E-state index contributed by atoms with van der Waals surface area (Å²) >= 11 is 0. The van der Waals surface area contributed by atoms with Crippen molar-refractivity contribution in [3.05, 3.63) is 35.4 Å². The van der Waals surface area contributed by atoms with E-state index in [1.54, 1.807) is 25.7 Å². The number of halogens is 3. The number of nitrogens with one attached hydrogen (secondary N) is 1. The summed E-state index contributed by atoms with van der Waals surface area (Å²) in [6.07, 6.45) is -4.94. The summed E-state index contributed by atoms with van der Waals surface area (Å²) in [4.78, 5) is 39.4. The lowest BCUT2D eigenvalue weighted by Gasteiger charge is -2.35. The van der Waals surface area contributed by atoms with E-state index in [9.17, 15) is 27.6 Å². The average molecular weight is 429 g/mol. The van der Waals surface area contributed by atoms with Gasteiger partial charge in [-0.15, -0.1) is 0 Å². The molecule has 1 saturated heterocycles. The minimum Gasteiger partial charge on any atom is -0.444 e. The molecule has 1 N–H and O–H groups in total. The van der Waals surface area contributed by atoms with E-state index in [1.165, 1.54) is 4.90 Å². The van der Waals surface area contributed by atoms with Crippen LogP contribution >= 0.6 is 0 Å². The van der Waals surface area contributed by atoms with Gasteiger partial charge in [0.15, 0.2) is 0 Å². The molecule has 1 aromatic carbocycles. The molecule has 0 atom stereocenters. The summed E-state index contributed by atoms with van der Waals surface area (Å²) in [5, 5.41) is 2.52. The highest BCUT2D eigenvalue weighted by atomic mass is 19.4. The molecule has 10 heteroatoms. The van der Waals surface area contributed by atoms with Crippen LogP contribution in [0.2, 0.25) is 0 Å². The number of amides is 3. The first kappa shape index (κ1) is 23.5. The van der Waals surface area contributed by atoms with Crippen LogP contribution < -0.4 is 5.32 Å². The highest BCUT2D eigenvalue weighted by Gasteiger charge is 2.31. The fraction of sp³-hybridized carbons (Fsp3) is 0.550. The van der Waals surface area contributed by atoms with E-state index in [-0.39, 0.29) is 43.4 Å². The molecule has 1 fully saturated rings. The Morgan fingerprint density at radius 2 is 1.50 bits per heavy atom. The minimum atomic E-state index is -4.45. The summed E-state index contributed by atoms with van der Waals surface area (Å²) in [6, 6.07) is 4.07. The first-order valence-corrected chi connectivity index (χ1v) is 9.58. The maximum absolute atomic E-state index is 12.6. The molecule has 30 heavy (non-hydrogen) atoms. The fourth-order valence-corrected chi connectivity index (χ4v) is 2.89. The summed E-state index contributed by atoms with van der Waals surface area (Å²) in [6.45, 7) is 6.56. The van der Waals surface area contributed by atoms with Crippen LogP contribution in [0.5, 0.6) is 0 Å². The second kappa shape index (κ2) is 9.36. The van der Waals surface area contributed by atoms with Crippen molar-refractivity contribution in [3.63, 3.8) is 0 Å². The Hall–Kier alpha value is -2.78. The molecule has 0 aliphatic carbocycles. The molecule has 166 valence electrons. The smallest absolute Gasteiger partial charge is 0.416 e. The third-order valence-corrected chi connectivity index (χ3v) is 4.39. The number of benzene rings is 1. The molecule has 1 aliphatic rings.